The quantitative estimate of drug-likeness (QED) is 0.794. The molecule has 1 fully saturated rings. The van der Waals surface area contributed by atoms with E-state index in [1.54, 1.807) is 6.07 Å². The van der Waals surface area contributed by atoms with Crippen LogP contribution in [0.15, 0.2) is 24.4 Å². The molecule has 3 rings (SSSR count). The van der Waals surface area contributed by atoms with Crippen molar-refractivity contribution >= 4 is 16.8 Å². The Morgan fingerprint density at radius 2 is 2.00 bits per heavy atom. The number of aromatic nitrogens is 1. The smallest absolute Gasteiger partial charge is 0.231 e. The molecule has 126 valence electrons. The zero-order valence-corrected chi connectivity index (χ0v) is 14.5. The molecule has 1 amide bonds. The second-order valence-corrected chi connectivity index (χ2v) is 7.61. The number of amides is 1. The standard InChI is InChI=1S/C19H24N4O/c1-18(2,3)23-17(24)19(6-8-21-9-7-19)15-12-22-16-5-4-13(11-20)10-14(15)16/h4-5,10,12,21-22H,6-9H2,1-3H3,(H,23,24). The van der Waals surface area contributed by atoms with E-state index in [1.165, 1.54) is 0 Å². The largest absolute Gasteiger partial charge is 0.361 e. The Kier molecular flexibility index (Phi) is 4.10. The van der Waals surface area contributed by atoms with Crippen molar-refractivity contribution in [1.29, 1.82) is 5.26 Å². The predicted octanol–water partition coefficient (Wildman–Crippen LogP) is 2.58. The first kappa shape index (κ1) is 16.5. The van der Waals surface area contributed by atoms with Gasteiger partial charge in [0.1, 0.15) is 0 Å². The molecule has 2 aromatic rings. The number of aromatic amines is 1. The van der Waals surface area contributed by atoms with Crippen LogP contribution in [0.4, 0.5) is 0 Å². The van der Waals surface area contributed by atoms with Gasteiger partial charge in [0.25, 0.3) is 0 Å². The van der Waals surface area contributed by atoms with Gasteiger partial charge in [-0.1, -0.05) is 0 Å². The van der Waals surface area contributed by atoms with Crippen molar-refractivity contribution in [3.05, 3.63) is 35.5 Å². The van der Waals surface area contributed by atoms with Crippen LogP contribution < -0.4 is 10.6 Å². The summed E-state index contributed by atoms with van der Waals surface area (Å²) >= 11 is 0. The highest BCUT2D eigenvalue weighted by molar-refractivity contribution is 5.96. The van der Waals surface area contributed by atoms with E-state index in [0.717, 1.165) is 42.4 Å². The van der Waals surface area contributed by atoms with Crippen molar-refractivity contribution in [3.8, 4) is 6.07 Å². The summed E-state index contributed by atoms with van der Waals surface area (Å²) in [6.45, 7) is 7.62. The molecule has 0 bridgehead atoms. The van der Waals surface area contributed by atoms with Gasteiger partial charge >= 0.3 is 0 Å². The lowest BCUT2D eigenvalue weighted by atomic mass is 9.72. The molecule has 2 heterocycles. The van der Waals surface area contributed by atoms with Crippen LogP contribution in [0.5, 0.6) is 0 Å². The first-order valence-corrected chi connectivity index (χ1v) is 8.41. The Bertz CT molecular complexity index is 801. The number of nitrogens with one attached hydrogen (secondary N) is 3. The molecule has 1 aliphatic rings. The molecule has 1 aromatic heterocycles. The number of fused-ring (bicyclic) bond motifs is 1. The highest BCUT2D eigenvalue weighted by Crippen LogP contribution is 2.38. The highest BCUT2D eigenvalue weighted by atomic mass is 16.2. The zero-order chi connectivity index (χ0) is 17.4. The van der Waals surface area contributed by atoms with Crippen molar-refractivity contribution in [2.45, 2.75) is 44.6 Å². The molecule has 0 saturated carbocycles. The summed E-state index contributed by atoms with van der Waals surface area (Å²) in [6, 6.07) is 7.79. The fraction of sp³-hybridized carbons (Fsp3) is 0.474. The van der Waals surface area contributed by atoms with Gasteiger partial charge in [0.05, 0.1) is 17.0 Å². The summed E-state index contributed by atoms with van der Waals surface area (Å²) in [5.74, 6) is 0.0692. The lowest BCUT2D eigenvalue weighted by Crippen LogP contribution is -2.55. The van der Waals surface area contributed by atoms with E-state index in [9.17, 15) is 10.1 Å². The summed E-state index contributed by atoms with van der Waals surface area (Å²) in [5.41, 5.74) is 1.73. The van der Waals surface area contributed by atoms with Crippen LogP contribution in [0.2, 0.25) is 0 Å². The number of nitriles is 1. The van der Waals surface area contributed by atoms with Gasteiger partial charge in [-0.05, 0) is 70.5 Å². The molecule has 0 unspecified atom stereocenters. The maximum Gasteiger partial charge on any atom is 0.231 e. The first-order valence-electron chi connectivity index (χ1n) is 8.41. The molecule has 5 heteroatoms. The number of piperidine rings is 1. The Morgan fingerprint density at radius 3 is 2.62 bits per heavy atom. The fourth-order valence-corrected chi connectivity index (χ4v) is 3.52. The number of carbonyl (C=O) groups is 1. The van der Waals surface area contributed by atoms with Gasteiger partial charge < -0.3 is 15.6 Å². The molecule has 1 aliphatic heterocycles. The summed E-state index contributed by atoms with van der Waals surface area (Å²) in [4.78, 5) is 16.5. The molecule has 0 spiro atoms. The minimum atomic E-state index is -0.565. The monoisotopic (exact) mass is 324 g/mol. The van der Waals surface area contributed by atoms with Gasteiger partial charge in [0.15, 0.2) is 0 Å². The van der Waals surface area contributed by atoms with Crippen LogP contribution >= 0.6 is 0 Å². The molecular weight excluding hydrogens is 300 g/mol. The Balaban J connectivity index is 2.13. The second-order valence-electron chi connectivity index (χ2n) is 7.61. The van der Waals surface area contributed by atoms with E-state index in [-0.39, 0.29) is 11.4 Å². The second kappa shape index (κ2) is 5.95. The summed E-state index contributed by atoms with van der Waals surface area (Å²) < 4.78 is 0. The number of hydrogen-bond acceptors (Lipinski definition) is 3. The van der Waals surface area contributed by atoms with Crippen molar-refractivity contribution in [1.82, 2.24) is 15.6 Å². The van der Waals surface area contributed by atoms with E-state index in [2.05, 4.69) is 21.7 Å². The number of rotatable bonds is 2. The molecule has 1 aromatic carbocycles. The van der Waals surface area contributed by atoms with Crippen molar-refractivity contribution < 1.29 is 4.79 Å². The van der Waals surface area contributed by atoms with Crippen molar-refractivity contribution in [2.75, 3.05) is 13.1 Å². The van der Waals surface area contributed by atoms with Crippen molar-refractivity contribution in [3.63, 3.8) is 0 Å². The zero-order valence-electron chi connectivity index (χ0n) is 14.5. The molecule has 0 aliphatic carbocycles. The van der Waals surface area contributed by atoms with Crippen LogP contribution in [0.25, 0.3) is 10.9 Å². The molecule has 1 saturated heterocycles. The molecule has 0 atom stereocenters. The summed E-state index contributed by atoms with van der Waals surface area (Å²) in [6.07, 6.45) is 3.44. The minimum Gasteiger partial charge on any atom is -0.361 e. The fourth-order valence-electron chi connectivity index (χ4n) is 3.52. The molecule has 3 N–H and O–H groups in total. The van der Waals surface area contributed by atoms with E-state index in [1.807, 2.05) is 39.1 Å². The van der Waals surface area contributed by atoms with Gasteiger partial charge in [-0.25, -0.2) is 0 Å². The number of benzene rings is 1. The van der Waals surface area contributed by atoms with Gasteiger partial charge in [-0.3, -0.25) is 4.79 Å². The summed E-state index contributed by atoms with van der Waals surface area (Å²) in [7, 11) is 0. The van der Waals surface area contributed by atoms with E-state index >= 15 is 0 Å². The topological polar surface area (TPSA) is 80.7 Å². The third-order valence-electron chi connectivity index (χ3n) is 4.71. The summed E-state index contributed by atoms with van der Waals surface area (Å²) in [5, 5.41) is 16.7. The lowest BCUT2D eigenvalue weighted by Gasteiger charge is -2.38. The Hall–Kier alpha value is -2.32. The number of H-pyrrole nitrogens is 1. The van der Waals surface area contributed by atoms with Gasteiger partial charge in [0.2, 0.25) is 5.91 Å². The number of hydrogen-bond donors (Lipinski definition) is 3. The SMILES string of the molecule is CC(C)(C)NC(=O)C1(c2c[nH]c3ccc(C#N)cc23)CCNCC1. The van der Waals surface area contributed by atoms with Crippen LogP contribution in [-0.2, 0) is 10.2 Å². The van der Waals surface area contributed by atoms with Crippen LogP contribution in [0.1, 0.15) is 44.7 Å². The maximum atomic E-state index is 13.2. The average Bonchev–Trinajstić information content (AvgIpc) is 2.97. The van der Waals surface area contributed by atoms with Crippen LogP contribution in [-0.4, -0.2) is 29.5 Å². The Morgan fingerprint density at radius 1 is 1.29 bits per heavy atom. The average molecular weight is 324 g/mol. The maximum absolute atomic E-state index is 13.2. The Labute approximate surface area is 142 Å². The lowest BCUT2D eigenvalue weighted by molar-refractivity contribution is -0.129. The van der Waals surface area contributed by atoms with Gasteiger partial charge in [0, 0.05) is 22.6 Å². The first-order chi connectivity index (χ1) is 11.4. The predicted molar refractivity (Wildman–Crippen MR) is 94.7 cm³/mol. The van der Waals surface area contributed by atoms with Crippen LogP contribution in [0.3, 0.4) is 0 Å². The minimum absolute atomic E-state index is 0.0692. The molecule has 0 radical (unpaired) electrons. The van der Waals surface area contributed by atoms with Gasteiger partial charge in [-0.15, -0.1) is 0 Å². The normalized spacial score (nSPS) is 17.4. The van der Waals surface area contributed by atoms with Crippen LogP contribution in [0, 0.1) is 11.3 Å². The number of carbonyl (C=O) groups excluding carboxylic acids is 1. The molecule has 24 heavy (non-hydrogen) atoms. The van der Waals surface area contributed by atoms with Crippen molar-refractivity contribution in [2.24, 2.45) is 0 Å². The molecule has 5 nitrogen and oxygen atoms in total. The molecular formula is C19H24N4O. The number of nitrogens with zero attached hydrogens (tertiary/aromatic N) is 1. The van der Waals surface area contributed by atoms with E-state index in [4.69, 9.17) is 0 Å². The van der Waals surface area contributed by atoms with E-state index < -0.39 is 5.41 Å². The highest BCUT2D eigenvalue weighted by Gasteiger charge is 2.43. The van der Waals surface area contributed by atoms with E-state index in [0.29, 0.717) is 5.56 Å². The third-order valence-corrected chi connectivity index (χ3v) is 4.71. The van der Waals surface area contributed by atoms with Gasteiger partial charge in [-0.2, -0.15) is 5.26 Å². The third kappa shape index (κ3) is 2.90.